The number of hydrogen-bond donors (Lipinski definition) is 0. The van der Waals surface area contributed by atoms with Crippen molar-refractivity contribution in [2.45, 2.75) is 37.1 Å². The minimum absolute atomic E-state index is 0.269. The van der Waals surface area contributed by atoms with Crippen LogP contribution < -0.4 is 10.4 Å². The maximum atomic E-state index is 14.0. The van der Waals surface area contributed by atoms with Crippen LogP contribution in [0.3, 0.4) is 0 Å². The van der Waals surface area contributed by atoms with Gasteiger partial charge >= 0.3 is 37.1 Å². The van der Waals surface area contributed by atoms with Crippen LogP contribution >= 0.6 is 0 Å². The molecule has 0 aliphatic heterocycles. The van der Waals surface area contributed by atoms with Gasteiger partial charge in [0.1, 0.15) is 23.3 Å². The predicted molar refractivity (Wildman–Crippen MR) is 127 cm³/mol. The summed E-state index contributed by atoms with van der Waals surface area (Å²) in [6.07, 6.45) is -34.6. The summed E-state index contributed by atoms with van der Waals surface area (Å²) in [5, 5.41) is 14.8. The van der Waals surface area contributed by atoms with Crippen LogP contribution in [0.25, 0.3) is 33.4 Å². The van der Waals surface area contributed by atoms with E-state index in [4.69, 9.17) is 0 Å². The van der Waals surface area contributed by atoms with E-state index in [-0.39, 0.29) is 36.4 Å². The number of hydrogen-bond acceptors (Lipinski definition) is 2. The Morgan fingerprint density at radius 1 is 0.375 bits per heavy atom. The molecule has 0 bridgehead atoms. The highest BCUT2D eigenvalue weighted by Gasteiger charge is 2.41. The van der Waals surface area contributed by atoms with E-state index < -0.39 is 115 Å². The van der Waals surface area contributed by atoms with Crippen molar-refractivity contribution in [2.24, 2.45) is 0 Å². The lowest BCUT2D eigenvalue weighted by Crippen LogP contribution is -2.27. The second-order valence-electron chi connectivity index (χ2n) is 9.50. The van der Waals surface area contributed by atoms with Gasteiger partial charge in [-0.2, -0.15) is 89.6 Å². The summed E-state index contributed by atoms with van der Waals surface area (Å²) in [4.78, 5) is 0. The predicted octanol–water partition coefficient (Wildman–Crippen LogP) is 9.57. The van der Waals surface area contributed by atoms with E-state index in [1.807, 2.05) is 0 Å². The van der Waals surface area contributed by atoms with Gasteiger partial charge in [-0.15, -0.1) is 0 Å². The van der Waals surface area contributed by atoms with Crippen LogP contribution in [0.4, 0.5) is 79.0 Å². The second-order valence-corrected chi connectivity index (χ2v) is 9.50. The minimum Gasteiger partial charge on any atom is -0.192 e. The molecular weight excluding hydrogens is 706 g/mol. The third-order valence-electron chi connectivity index (χ3n) is 6.28. The Hall–Kier alpha value is -4.88. The van der Waals surface area contributed by atoms with Crippen molar-refractivity contribution in [3.05, 3.63) is 81.2 Å². The second kappa shape index (κ2) is 12.0. The fourth-order valence-electron chi connectivity index (χ4n) is 4.26. The lowest BCUT2D eigenvalue weighted by Gasteiger charge is -2.18. The van der Waals surface area contributed by atoms with Crippen LogP contribution in [0.5, 0.6) is 0 Å². The summed E-state index contributed by atoms with van der Waals surface area (Å²) in [6.45, 7) is 0. The number of benzene rings is 3. The molecule has 0 fully saturated rings. The van der Waals surface area contributed by atoms with Crippen molar-refractivity contribution in [2.75, 3.05) is 0 Å². The fourth-order valence-corrected chi connectivity index (χ4v) is 4.26. The number of halogens is 18. The summed E-state index contributed by atoms with van der Waals surface area (Å²) < 4.78 is 246. The van der Waals surface area contributed by atoms with E-state index in [9.17, 15) is 89.6 Å². The average Bonchev–Trinajstić information content (AvgIpc) is 2.90. The largest absolute Gasteiger partial charge is 0.426 e. The normalized spacial score (nSPS) is 14.7. The van der Waals surface area contributed by atoms with Crippen LogP contribution in [-0.4, -0.2) is 12.4 Å². The van der Waals surface area contributed by atoms with Gasteiger partial charge in [-0.1, -0.05) is 0 Å². The molecule has 0 amide bonds. The summed E-state index contributed by atoms with van der Waals surface area (Å²) in [6, 6.07) is -1.72. The molecule has 0 saturated heterocycles. The first-order valence-electron chi connectivity index (χ1n) is 12.0. The van der Waals surface area contributed by atoms with Gasteiger partial charge in [0.25, 0.3) is 0 Å². The molecule has 3 aromatic carbocycles. The molecule has 20 heteroatoms. The van der Waals surface area contributed by atoms with Gasteiger partial charge in [0.15, 0.2) is 0 Å². The van der Waals surface area contributed by atoms with Gasteiger partial charge in [0.2, 0.25) is 0 Å². The molecule has 0 radical (unpaired) electrons. The SMILES string of the molecule is N#C/C(=c1/cc(-c2cc(C(F)(F)F)cc(C(F)(F)F)c2)/c(=C(\C#N)C(F)(F)F)cc1-c1cc(C(F)(F)F)cc(C(F)(F)F)c1)C(F)(F)F. The topological polar surface area (TPSA) is 47.6 Å². The van der Waals surface area contributed by atoms with E-state index in [1.165, 1.54) is 0 Å². The van der Waals surface area contributed by atoms with Crippen LogP contribution in [-0.2, 0) is 24.7 Å². The van der Waals surface area contributed by atoms with Crippen LogP contribution in [0, 0.1) is 22.7 Å². The van der Waals surface area contributed by atoms with Gasteiger partial charge in [0.05, 0.1) is 22.3 Å². The Morgan fingerprint density at radius 3 is 0.771 bits per heavy atom. The van der Waals surface area contributed by atoms with Crippen molar-refractivity contribution >= 4 is 11.1 Å². The molecule has 3 aromatic rings. The molecule has 0 heterocycles. The summed E-state index contributed by atoms with van der Waals surface area (Å²) in [7, 11) is 0. The Kier molecular flexibility index (Phi) is 9.37. The lowest BCUT2D eigenvalue weighted by molar-refractivity contribution is -0.144. The Morgan fingerprint density at radius 2 is 0.604 bits per heavy atom. The molecule has 0 saturated carbocycles. The van der Waals surface area contributed by atoms with Gasteiger partial charge in [0, 0.05) is 10.4 Å². The number of nitriles is 2. The number of rotatable bonds is 2. The van der Waals surface area contributed by atoms with Gasteiger partial charge in [-0.3, -0.25) is 0 Å². The van der Waals surface area contributed by atoms with E-state index in [0.29, 0.717) is 12.1 Å². The third-order valence-corrected chi connectivity index (χ3v) is 6.28. The molecule has 0 unspecified atom stereocenters. The van der Waals surface area contributed by atoms with Crippen molar-refractivity contribution in [3.8, 4) is 34.4 Å². The Labute approximate surface area is 254 Å². The summed E-state index contributed by atoms with van der Waals surface area (Å²) >= 11 is 0. The van der Waals surface area contributed by atoms with E-state index in [2.05, 4.69) is 0 Å². The maximum absolute atomic E-state index is 14.0. The zero-order valence-electron chi connectivity index (χ0n) is 22.3. The van der Waals surface area contributed by atoms with Crippen LogP contribution in [0.1, 0.15) is 22.3 Å². The minimum atomic E-state index is -5.92. The highest BCUT2D eigenvalue weighted by molar-refractivity contribution is 5.82. The van der Waals surface area contributed by atoms with Crippen molar-refractivity contribution in [1.29, 1.82) is 10.5 Å². The smallest absolute Gasteiger partial charge is 0.192 e. The third kappa shape index (κ3) is 7.97. The van der Waals surface area contributed by atoms with Crippen molar-refractivity contribution < 1.29 is 79.0 Å². The maximum Gasteiger partial charge on any atom is 0.426 e. The molecular formula is C28H8F18N2. The first-order chi connectivity index (χ1) is 21.5. The quantitative estimate of drug-likeness (QED) is 0.249. The molecule has 48 heavy (non-hydrogen) atoms. The highest BCUT2D eigenvalue weighted by atomic mass is 19.4. The Balaban J connectivity index is 2.86. The van der Waals surface area contributed by atoms with Crippen molar-refractivity contribution in [3.63, 3.8) is 0 Å². The van der Waals surface area contributed by atoms with Gasteiger partial charge in [-0.25, -0.2) is 0 Å². The molecule has 3 rings (SSSR count). The molecule has 0 aromatic heterocycles. The Bertz CT molecular complexity index is 1750. The summed E-state index contributed by atoms with van der Waals surface area (Å²) in [5.41, 5.74) is -20.5. The van der Waals surface area contributed by atoms with Crippen LogP contribution in [0.2, 0.25) is 0 Å². The van der Waals surface area contributed by atoms with Crippen molar-refractivity contribution in [1.82, 2.24) is 0 Å². The van der Waals surface area contributed by atoms with Gasteiger partial charge < -0.3 is 0 Å². The monoisotopic (exact) mass is 714 g/mol. The van der Waals surface area contributed by atoms with E-state index in [0.717, 1.165) is 0 Å². The van der Waals surface area contributed by atoms with E-state index in [1.54, 1.807) is 0 Å². The first kappa shape index (κ1) is 37.6. The standard InChI is InChI=1S/C28H8F18N2/c29-23(30,31)13-1-11(2-14(5-13)24(32,33)34)17-7-20(22(10-48)28(44,45)46)18(8-19(17)21(9-47)27(41,42)43)12-3-15(25(35,36)37)6-16(4-12)26(38,39)40/h1-8H/b21-19+,22-20+. The zero-order valence-corrected chi connectivity index (χ0v) is 22.3. The highest BCUT2D eigenvalue weighted by Crippen LogP contribution is 2.41. The first-order valence-corrected chi connectivity index (χ1v) is 12.0. The molecule has 256 valence electrons. The fraction of sp³-hybridized carbons (Fsp3) is 0.214. The molecule has 0 aliphatic rings. The molecule has 0 atom stereocenters. The molecule has 2 nitrogen and oxygen atoms in total. The molecule has 0 N–H and O–H groups in total. The average molecular weight is 714 g/mol. The molecule has 0 spiro atoms. The summed E-state index contributed by atoms with van der Waals surface area (Å²) in [5.74, 6) is 0. The molecule has 0 aliphatic carbocycles. The number of nitrogens with zero attached hydrogens (tertiary/aromatic N) is 2. The van der Waals surface area contributed by atoms with E-state index >= 15 is 0 Å². The van der Waals surface area contributed by atoms with Crippen LogP contribution in [0.15, 0.2) is 48.5 Å². The lowest BCUT2D eigenvalue weighted by atomic mass is 9.89. The number of alkyl halides is 18. The zero-order chi connectivity index (χ0) is 37.0. The van der Waals surface area contributed by atoms with Gasteiger partial charge in [-0.05, 0) is 70.8 Å².